The van der Waals surface area contributed by atoms with Gasteiger partial charge in [0.2, 0.25) is 0 Å². The van der Waals surface area contributed by atoms with E-state index in [4.69, 9.17) is 0 Å². The smallest absolute Gasteiger partial charge is 0.0101 e. The third-order valence-electron chi connectivity index (χ3n) is 1.87. The van der Waals surface area contributed by atoms with E-state index < -0.39 is 0 Å². The van der Waals surface area contributed by atoms with Crippen molar-refractivity contribution >= 4 is 0 Å². The molecule has 0 amide bonds. The van der Waals surface area contributed by atoms with Crippen molar-refractivity contribution in [2.24, 2.45) is 0 Å². The number of hydrogen-bond donors (Lipinski definition) is 0. The Morgan fingerprint density at radius 1 is 1.45 bits per heavy atom. The van der Waals surface area contributed by atoms with Crippen LogP contribution in [0, 0.1) is 0 Å². The van der Waals surface area contributed by atoms with Gasteiger partial charge in [0.1, 0.15) is 0 Å². The van der Waals surface area contributed by atoms with Crippen LogP contribution in [0.5, 0.6) is 0 Å². The minimum Gasteiger partial charge on any atom is -0.0885 e. The zero-order valence-corrected chi connectivity index (χ0v) is 7.43. The summed E-state index contributed by atoms with van der Waals surface area (Å²) in [6.07, 6.45) is 12.5. The number of allylic oxidation sites excluding steroid dienone is 6. The van der Waals surface area contributed by atoms with Gasteiger partial charge in [-0.05, 0) is 31.8 Å². The molecule has 0 heterocycles. The maximum Gasteiger partial charge on any atom is -0.0101 e. The lowest BCUT2D eigenvalue weighted by Crippen LogP contribution is -1.69. The van der Waals surface area contributed by atoms with E-state index in [2.05, 4.69) is 38.2 Å². The van der Waals surface area contributed by atoms with E-state index in [1.807, 2.05) is 0 Å². The third-order valence-corrected chi connectivity index (χ3v) is 1.87. The molecule has 0 atom stereocenters. The molecule has 0 aromatic rings. The van der Waals surface area contributed by atoms with Gasteiger partial charge in [0.15, 0.2) is 0 Å². The molecule has 60 valence electrons. The molecule has 1 rings (SSSR count). The van der Waals surface area contributed by atoms with E-state index in [0.717, 1.165) is 19.3 Å². The largest absolute Gasteiger partial charge is 0.0885 e. The van der Waals surface area contributed by atoms with E-state index in [-0.39, 0.29) is 0 Å². The Morgan fingerprint density at radius 3 is 2.82 bits per heavy atom. The van der Waals surface area contributed by atoms with Crippen LogP contribution >= 0.6 is 0 Å². The highest BCUT2D eigenvalue weighted by molar-refractivity contribution is 5.32. The summed E-state index contributed by atoms with van der Waals surface area (Å²) < 4.78 is 0. The summed E-state index contributed by atoms with van der Waals surface area (Å²) in [5.41, 5.74) is 2.97. The van der Waals surface area contributed by atoms with Crippen molar-refractivity contribution in [2.75, 3.05) is 0 Å². The summed E-state index contributed by atoms with van der Waals surface area (Å²) in [7, 11) is 0. The molecule has 0 N–H and O–H groups in total. The molecule has 1 aliphatic rings. The van der Waals surface area contributed by atoms with E-state index in [1.54, 1.807) is 0 Å². The van der Waals surface area contributed by atoms with Crippen molar-refractivity contribution in [3.8, 4) is 0 Å². The molecular formula is C11H16. The van der Waals surface area contributed by atoms with Crippen molar-refractivity contribution in [3.63, 3.8) is 0 Å². The van der Waals surface area contributed by atoms with Crippen LogP contribution in [-0.4, -0.2) is 0 Å². The van der Waals surface area contributed by atoms with Crippen molar-refractivity contribution in [3.05, 3.63) is 35.5 Å². The predicted octanol–water partition coefficient (Wildman–Crippen LogP) is 3.62. The second-order valence-electron chi connectivity index (χ2n) is 3.06. The quantitative estimate of drug-likeness (QED) is 0.536. The van der Waals surface area contributed by atoms with E-state index >= 15 is 0 Å². The molecule has 0 heteroatoms. The van der Waals surface area contributed by atoms with Gasteiger partial charge in [0.05, 0.1) is 0 Å². The molecule has 1 aliphatic carbocycles. The fraction of sp³-hybridized carbons (Fsp3) is 0.455. The highest BCUT2D eigenvalue weighted by Crippen LogP contribution is 2.19. The zero-order valence-electron chi connectivity index (χ0n) is 7.43. The highest BCUT2D eigenvalue weighted by atomic mass is 14.0. The van der Waals surface area contributed by atoms with Crippen LogP contribution in [0.2, 0.25) is 0 Å². The summed E-state index contributed by atoms with van der Waals surface area (Å²) >= 11 is 0. The highest BCUT2D eigenvalue weighted by Gasteiger charge is 1.99. The first-order valence-corrected chi connectivity index (χ1v) is 4.34. The van der Waals surface area contributed by atoms with Crippen LogP contribution in [0.3, 0.4) is 0 Å². The van der Waals surface area contributed by atoms with Gasteiger partial charge in [-0.1, -0.05) is 36.8 Å². The average Bonchev–Trinajstić information content (AvgIpc) is 2.37. The Bertz CT molecular complexity index is 204. The van der Waals surface area contributed by atoms with Gasteiger partial charge in [-0.3, -0.25) is 0 Å². The van der Waals surface area contributed by atoms with Crippen molar-refractivity contribution in [1.29, 1.82) is 0 Å². The molecule has 0 spiro atoms. The Hall–Kier alpha value is -0.780. The molecule has 0 radical (unpaired) electrons. The summed E-state index contributed by atoms with van der Waals surface area (Å²) in [6, 6.07) is 0. The van der Waals surface area contributed by atoms with Gasteiger partial charge in [-0.15, -0.1) is 0 Å². The normalized spacial score (nSPS) is 17.3. The van der Waals surface area contributed by atoms with Crippen molar-refractivity contribution < 1.29 is 0 Å². The summed E-state index contributed by atoms with van der Waals surface area (Å²) in [5, 5.41) is 0. The van der Waals surface area contributed by atoms with E-state index in [1.165, 1.54) is 11.1 Å². The first kappa shape index (κ1) is 8.32. The van der Waals surface area contributed by atoms with Crippen LogP contribution in [0.1, 0.15) is 33.1 Å². The van der Waals surface area contributed by atoms with Crippen molar-refractivity contribution in [2.45, 2.75) is 33.1 Å². The lowest BCUT2D eigenvalue weighted by Gasteiger charge is -1.89. The van der Waals surface area contributed by atoms with Gasteiger partial charge < -0.3 is 0 Å². The molecule has 11 heavy (non-hydrogen) atoms. The molecule has 0 saturated heterocycles. The Kier molecular flexibility index (Phi) is 3.15. The fourth-order valence-corrected chi connectivity index (χ4v) is 1.25. The maximum absolute atomic E-state index is 2.31. The molecule has 0 nitrogen and oxygen atoms in total. The van der Waals surface area contributed by atoms with Crippen LogP contribution in [0.4, 0.5) is 0 Å². The molecule has 0 aromatic carbocycles. The zero-order chi connectivity index (χ0) is 8.10. The predicted molar refractivity (Wildman–Crippen MR) is 50.5 cm³/mol. The molecule has 0 saturated carbocycles. The van der Waals surface area contributed by atoms with Crippen LogP contribution in [0.15, 0.2) is 35.5 Å². The topological polar surface area (TPSA) is 0 Å². The van der Waals surface area contributed by atoms with Gasteiger partial charge in [-0.2, -0.15) is 0 Å². The number of rotatable bonds is 3. The molecule has 0 aromatic heterocycles. The summed E-state index contributed by atoms with van der Waals surface area (Å²) in [5.74, 6) is 0. The van der Waals surface area contributed by atoms with Crippen LogP contribution in [-0.2, 0) is 0 Å². The second kappa shape index (κ2) is 4.17. The Balaban J connectivity index is 2.34. The first-order valence-electron chi connectivity index (χ1n) is 4.34. The summed E-state index contributed by atoms with van der Waals surface area (Å²) in [4.78, 5) is 0. The first-order chi connectivity index (χ1) is 5.33. The van der Waals surface area contributed by atoms with Crippen LogP contribution < -0.4 is 0 Å². The minimum absolute atomic E-state index is 1.12. The molecule has 0 unspecified atom stereocenters. The molecule has 0 aliphatic heterocycles. The van der Waals surface area contributed by atoms with Gasteiger partial charge in [-0.25, -0.2) is 0 Å². The van der Waals surface area contributed by atoms with Crippen molar-refractivity contribution in [1.82, 2.24) is 0 Å². The van der Waals surface area contributed by atoms with Crippen LogP contribution in [0.25, 0.3) is 0 Å². The Morgan fingerprint density at radius 2 is 2.27 bits per heavy atom. The molecule has 0 bridgehead atoms. The van der Waals surface area contributed by atoms with E-state index in [9.17, 15) is 0 Å². The minimum atomic E-state index is 1.12. The second-order valence-corrected chi connectivity index (χ2v) is 3.06. The third kappa shape index (κ3) is 2.75. The van der Waals surface area contributed by atoms with Gasteiger partial charge in [0.25, 0.3) is 0 Å². The standard InChI is InChI=1S/C11H16/c1-3-4-5-6-11-8-7-10(2)9-11/h4-5,8-9H,3,6-7H2,1-2H3. The molecule has 0 fully saturated rings. The monoisotopic (exact) mass is 148 g/mol. The Labute approximate surface area is 69.3 Å². The molecular weight excluding hydrogens is 132 g/mol. The summed E-state index contributed by atoms with van der Waals surface area (Å²) in [6.45, 7) is 4.35. The lowest BCUT2D eigenvalue weighted by molar-refractivity contribution is 1.18. The average molecular weight is 148 g/mol. The van der Waals surface area contributed by atoms with Gasteiger partial charge in [0, 0.05) is 0 Å². The SMILES string of the molecule is CCC=CCC1=CCC(C)=C1. The fourth-order valence-electron chi connectivity index (χ4n) is 1.25. The maximum atomic E-state index is 2.31. The lowest BCUT2D eigenvalue weighted by atomic mass is 10.2. The van der Waals surface area contributed by atoms with E-state index in [0.29, 0.717) is 0 Å². The number of hydrogen-bond acceptors (Lipinski definition) is 0. The van der Waals surface area contributed by atoms with Gasteiger partial charge >= 0.3 is 0 Å².